The van der Waals surface area contributed by atoms with Gasteiger partial charge in [-0.3, -0.25) is 4.79 Å². The largest absolute Gasteiger partial charge is 0.337 e. The number of sulfonamides is 1. The van der Waals surface area contributed by atoms with E-state index in [1.807, 2.05) is 41.8 Å². The number of rotatable bonds is 7. The Morgan fingerprint density at radius 2 is 1.94 bits per heavy atom. The third-order valence-corrected chi connectivity index (χ3v) is 11.2. The lowest BCUT2D eigenvalue weighted by Gasteiger charge is -2.27. The van der Waals surface area contributed by atoms with Gasteiger partial charge in [-0.1, -0.05) is 41.9 Å². The average Bonchev–Trinajstić information content (AvgIpc) is 3.57. The van der Waals surface area contributed by atoms with Crippen LogP contribution in [-0.2, 0) is 27.9 Å². The van der Waals surface area contributed by atoms with E-state index in [4.69, 9.17) is 16.9 Å². The van der Waals surface area contributed by atoms with Gasteiger partial charge < -0.3 is 4.90 Å². The Morgan fingerprint density at radius 3 is 2.67 bits per heavy atom. The topological polar surface area (TPSA) is 81.5 Å². The third kappa shape index (κ3) is 4.67. The molecule has 0 N–H and O–H groups in total. The summed E-state index contributed by atoms with van der Waals surface area (Å²) < 4.78 is 30.7. The number of amides is 1. The summed E-state index contributed by atoms with van der Waals surface area (Å²) in [4.78, 5) is 15.8. The Bertz CT molecular complexity index is 1590. The molecule has 2 aromatic heterocycles. The number of fused-ring (bicyclic) bond motifs is 1. The molecule has 2 aromatic carbocycles. The number of nitrogens with zero attached hydrogens (tertiary/aromatic N) is 3. The maximum Gasteiger partial charge on any atom is 0.253 e. The van der Waals surface area contributed by atoms with Gasteiger partial charge in [0.2, 0.25) is 5.91 Å². The van der Waals surface area contributed by atoms with E-state index in [1.165, 1.54) is 27.0 Å². The number of carbonyl (C=O) groups excluding carboxylic acids is 1. The minimum Gasteiger partial charge on any atom is -0.337 e. The Kier molecular flexibility index (Phi) is 6.90. The van der Waals surface area contributed by atoms with E-state index in [0.29, 0.717) is 35.0 Å². The lowest BCUT2D eigenvalue weighted by Crippen LogP contribution is -2.44. The summed E-state index contributed by atoms with van der Waals surface area (Å²) in [5.41, 5.74) is 2.33. The van der Waals surface area contributed by atoms with Gasteiger partial charge in [0.25, 0.3) is 10.0 Å². The van der Waals surface area contributed by atoms with Gasteiger partial charge in [-0.25, -0.2) is 8.42 Å². The van der Waals surface area contributed by atoms with E-state index in [-0.39, 0.29) is 16.7 Å². The number of hydrogen-bond donors (Lipinski definition) is 0. The van der Waals surface area contributed by atoms with Crippen LogP contribution in [0.25, 0.3) is 10.1 Å². The van der Waals surface area contributed by atoms with Crippen LogP contribution in [0, 0.1) is 18.3 Å². The molecule has 36 heavy (non-hydrogen) atoms. The third-order valence-electron chi connectivity index (χ3n) is 6.33. The zero-order valence-electron chi connectivity index (χ0n) is 19.3. The summed E-state index contributed by atoms with van der Waals surface area (Å²) in [5, 5.41) is 12.3. The molecule has 0 unspecified atom stereocenters. The monoisotopic (exact) mass is 555 g/mol. The molecule has 0 bridgehead atoms. The SMILES string of the molecule is Cc1c(S(=O)(=O)N(Cc2ccccc2)[C@H]2CCN(Cc3csc(C#N)c3)C2=O)sc2ccc(Cl)cc12. The molecule has 184 valence electrons. The Morgan fingerprint density at radius 1 is 1.17 bits per heavy atom. The van der Waals surface area contributed by atoms with Crippen LogP contribution in [0.1, 0.15) is 28.0 Å². The quantitative estimate of drug-likeness (QED) is 0.289. The van der Waals surface area contributed by atoms with Gasteiger partial charge in [0.15, 0.2) is 0 Å². The molecule has 0 radical (unpaired) electrons. The van der Waals surface area contributed by atoms with Crippen molar-refractivity contribution in [2.45, 2.75) is 36.7 Å². The molecule has 0 aliphatic carbocycles. The molecular formula is C26H22ClN3O3S3. The Labute approximate surface area is 223 Å². The van der Waals surface area contributed by atoms with E-state index < -0.39 is 16.1 Å². The van der Waals surface area contributed by atoms with Crippen LogP contribution in [0.15, 0.2) is 64.2 Å². The van der Waals surface area contributed by atoms with Gasteiger partial charge in [0, 0.05) is 29.4 Å². The number of nitriles is 1. The zero-order chi connectivity index (χ0) is 25.4. The van der Waals surface area contributed by atoms with Crippen LogP contribution in [0.5, 0.6) is 0 Å². The molecule has 6 nitrogen and oxygen atoms in total. The predicted molar refractivity (Wildman–Crippen MR) is 144 cm³/mol. The maximum atomic E-state index is 14.2. The molecule has 1 aliphatic heterocycles. The molecular weight excluding hydrogens is 534 g/mol. The van der Waals surface area contributed by atoms with E-state index in [1.54, 1.807) is 30.0 Å². The first-order valence-corrected chi connectivity index (χ1v) is 14.8. The summed E-state index contributed by atoms with van der Waals surface area (Å²) in [6, 6.07) is 17.8. The number of likely N-dealkylation sites (tertiary alicyclic amines) is 1. The van der Waals surface area contributed by atoms with Crippen molar-refractivity contribution < 1.29 is 13.2 Å². The van der Waals surface area contributed by atoms with Gasteiger partial charge in [-0.05, 0) is 65.1 Å². The highest BCUT2D eigenvalue weighted by Crippen LogP contribution is 2.39. The fourth-order valence-electron chi connectivity index (χ4n) is 4.53. The lowest BCUT2D eigenvalue weighted by molar-refractivity contribution is -0.131. The number of benzene rings is 2. The zero-order valence-corrected chi connectivity index (χ0v) is 22.6. The average molecular weight is 556 g/mol. The molecule has 4 aromatic rings. The van der Waals surface area contributed by atoms with Gasteiger partial charge in [0.05, 0.1) is 0 Å². The summed E-state index contributed by atoms with van der Waals surface area (Å²) in [6.45, 7) is 2.68. The summed E-state index contributed by atoms with van der Waals surface area (Å²) in [7, 11) is -4.00. The lowest BCUT2D eigenvalue weighted by atomic mass is 10.2. The van der Waals surface area contributed by atoms with Crippen LogP contribution in [0.4, 0.5) is 0 Å². The normalized spacial score (nSPS) is 16.2. The van der Waals surface area contributed by atoms with E-state index in [0.717, 1.165) is 21.2 Å². The highest BCUT2D eigenvalue weighted by molar-refractivity contribution is 7.91. The number of halogens is 1. The van der Waals surface area contributed by atoms with Gasteiger partial charge in [0.1, 0.15) is 21.2 Å². The van der Waals surface area contributed by atoms with E-state index in [2.05, 4.69) is 6.07 Å². The number of thiophene rings is 2. The first-order valence-electron chi connectivity index (χ1n) is 11.3. The molecule has 0 saturated carbocycles. The standard InChI is InChI=1S/C26H22ClN3O3S3/c1-17-22-12-20(27)7-8-24(22)35-26(17)36(32,33)30(15-18-5-3-2-4-6-18)23-9-10-29(25(23)31)14-19-11-21(13-28)34-16-19/h2-8,11-12,16,23H,9-10,14-15H2,1H3/t23-/m0/s1. The highest BCUT2D eigenvalue weighted by Gasteiger charge is 2.43. The molecule has 3 heterocycles. The van der Waals surface area contributed by atoms with Crippen LogP contribution in [-0.4, -0.2) is 36.1 Å². The molecule has 0 spiro atoms. The fourth-order valence-corrected chi connectivity index (χ4v) is 8.86. The molecule has 1 fully saturated rings. The van der Waals surface area contributed by atoms with E-state index in [9.17, 15) is 13.2 Å². The highest BCUT2D eigenvalue weighted by atomic mass is 35.5. The van der Waals surface area contributed by atoms with Crippen molar-refractivity contribution in [1.82, 2.24) is 9.21 Å². The van der Waals surface area contributed by atoms with Crippen LogP contribution < -0.4 is 0 Å². The maximum absolute atomic E-state index is 14.2. The predicted octanol–water partition coefficient (Wildman–Crippen LogP) is 5.79. The second kappa shape index (κ2) is 9.96. The Hall–Kier alpha value is -2.74. The molecule has 1 atom stereocenters. The summed E-state index contributed by atoms with van der Waals surface area (Å²) >= 11 is 8.72. The molecule has 10 heteroatoms. The molecule has 1 saturated heterocycles. The summed E-state index contributed by atoms with van der Waals surface area (Å²) in [6.07, 6.45) is 0.399. The second-order valence-corrected chi connectivity index (χ2v) is 13.2. The first-order chi connectivity index (χ1) is 17.3. The van der Waals surface area contributed by atoms with Crippen LogP contribution in [0.2, 0.25) is 5.02 Å². The molecule has 1 amide bonds. The van der Waals surface area contributed by atoms with Crippen molar-refractivity contribution in [2.24, 2.45) is 0 Å². The number of carbonyl (C=O) groups is 1. The van der Waals surface area contributed by atoms with Crippen LogP contribution >= 0.6 is 34.3 Å². The molecule has 1 aliphatic rings. The van der Waals surface area contributed by atoms with Crippen molar-refractivity contribution in [3.05, 3.63) is 86.6 Å². The molecule has 5 rings (SSSR count). The van der Waals surface area contributed by atoms with Gasteiger partial charge in [-0.2, -0.15) is 9.57 Å². The van der Waals surface area contributed by atoms with Crippen molar-refractivity contribution in [1.29, 1.82) is 5.26 Å². The number of hydrogen-bond acceptors (Lipinski definition) is 6. The van der Waals surface area contributed by atoms with Crippen LogP contribution in [0.3, 0.4) is 0 Å². The number of aryl methyl sites for hydroxylation is 1. The van der Waals surface area contributed by atoms with Gasteiger partial charge >= 0.3 is 0 Å². The minimum absolute atomic E-state index is 0.0961. The Balaban J connectivity index is 1.51. The minimum atomic E-state index is -4.00. The smallest absolute Gasteiger partial charge is 0.253 e. The second-order valence-electron chi connectivity index (χ2n) is 8.69. The van der Waals surface area contributed by atoms with Crippen molar-refractivity contribution >= 4 is 60.3 Å². The summed E-state index contributed by atoms with van der Waals surface area (Å²) in [5.74, 6) is -0.221. The van der Waals surface area contributed by atoms with Crippen molar-refractivity contribution in [2.75, 3.05) is 6.54 Å². The van der Waals surface area contributed by atoms with Gasteiger partial charge in [-0.15, -0.1) is 22.7 Å². The first kappa shape index (κ1) is 24.9. The van der Waals surface area contributed by atoms with E-state index >= 15 is 0 Å². The van der Waals surface area contributed by atoms with Crippen molar-refractivity contribution in [3.63, 3.8) is 0 Å². The fraction of sp³-hybridized carbons (Fsp3) is 0.231. The van der Waals surface area contributed by atoms with Crippen molar-refractivity contribution in [3.8, 4) is 6.07 Å².